The lowest BCUT2D eigenvalue weighted by molar-refractivity contribution is 0.0173. The summed E-state index contributed by atoms with van der Waals surface area (Å²) in [5.74, 6) is 0.817. The Labute approximate surface area is 88.1 Å². The van der Waals surface area contributed by atoms with Crippen LogP contribution in [0.2, 0.25) is 0 Å². The highest BCUT2D eigenvalue weighted by Crippen LogP contribution is 2.20. The predicted octanol–water partition coefficient (Wildman–Crippen LogP) is 0.932. The van der Waals surface area contributed by atoms with Gasteiger partial charge in [0.1, 0.15) is 11.9 Å². The Morgan fingerprint density at radius 1 is 1.40 bits per heavy atom. The molecule has 2 N–H and O–H groups in total. The van der Waals surface area contributed by atoms with Crippen LogP contribution in [-0.2, 0) is 4.84 Å². The van der Waals surface area contributed by atoms with Gasteiger partial charge >= 0.3 is 0 Å². The van der Waals surface area contributed by atoms with Gasteiger partial charge in [-0.1, -0.05) is 0 Å². The number of ether oxygens (including phenoxy) is 1. The molecular weight excluding hydrogens is 194 g/mol. The predicted molar refractivity (Wildman–Crippen MR) is 56.1 cm³/mol. The lowest BCUT2D eigenvalue weighted by atomic mass is 10.1. The molecule has 4 heteroatoms. The second-order valence-electron chi connectivity index (χ2n) is 3.25. The average molecular weight is 207 g/mol. The summed E-state index contributed by atoms with van der Waals surface area (Å²) in [6, 6.07) is 7.62. The van der Waals surface area contributed by atoms with Crippen LogP contribution >= 0.6 is 0 Å². The molecule has 1 unspecified atom stereocenters. The molecule has 0 radical (unpaired) electrons. The minimum absolute atomic E-state index is 0.0212. The van der Waals surface area contributed by atoms with Crippen molar-refractivity contribution in [1.29, 1.82) is 0 Å². The van der Waals surface area contributed by atoms with E-state index in [0.29, 0.717) is 0 Å². The smallest absolute Gasteiger partial charge is 0.129 e. The number of hydrogen-bond acceptors (Lipinski definition) is 4. The van der Waals surface area contributed by atoms with Gasteiger partial charge in [0.25, 0.3) is 0 Å². The summed E-state index contributed by atoms with van der Waals surface area (Å²) in [5, 5.41) is 8.88. The van der Waals surface area contributed by atoms with Crippen molar-refractivity contribution in [2.45, 2.75) is 6.10 Å². The first-order valence-corrected chi connectivity index (χ1v) is 4.72. The molecule has 15 heavy (non-hydrogen) atoms. The van der Waals surface area contributed by atoms with E-state index in [-0.39, 0.29) is 12.7 Å². The Kier molecular flexibility index (Phi) is 2.89. The van der Waals surface area contributed by atoms with Crippen LogP contribution in [-0.4, -0.2) is 24.9 Å². The molecule has 1 heterocycles. The zero-order chi connectivity index (χ0) is 10.7. The van der Waals surface area contributed by atoms with E-state index >= 15 is 0 Å². The number of hydrogen-bond donors (Lipinski definition) is 2. The van der Waals surface area contributed by atoms with Crippen LogP contribution in [0.5, 0.6) is 5.75 Å². The van der Waals surface area contributed by atoms with Crippen LogP contribution in [0.4, 0.5) is 0 Å². The molecule has 0 fully saturated rings. The van der Waals surface area contributed by atoms with Crippen molar-refractivity contribution in [3.8, 4) is 5.75 Å². The van der Waals surface area contributed by atoms with Crippen LogP contribution in [0.3, 0.4) is 0 Å². The highest BCUT2D eigenvalue weighted by molar-refractivity contribution is 5.65. The molecule has 0 bridgehead atoms. The third kappa shape index (κ3) is 2.11. The molecule has 2 rings (SSSR count). The van der Waals surface area contributed by atoms with E-state index < -0.39 is 0 Å². The molecule has 0 aromatic heterocycles. The van der Waals surface area contributed by atoms with E-state index in [1.807, 2.05) is 30.3 Å². The van der Waals surface area contributed by atoms with Gasteiger partial charge in [-0.3, -0.25) is 10.3 Å². The van der Waals surface area contributed by atoms with Crippen molar-refractivity contribution in [2.75, 3.05) is 13.7 Å². The molecule has 4 nitrogen and oxygen atoms in total. The molecule has 80 valence electrons. The molecular formula is C11H13NO3. The zero-order valence-electron chi connectivity index (χ0n) is 8.43. The summed E-state index contributed by atoms with van der Waals surface area (Å²) in [4.78, 5) is 5.10. The summed E-state index contributed by atoms with van der Waals surface area (Å²) in [6.07, 6.45) is 1.59. The third-order valence-corrected chi connectivity index (χ3v) is 2.25. The average Bonchev–Trinajstić information content (AvgIpc) is 2.78. The highest BCUT2D eigenvalue weighted by Gasteiger charge is 2.15. The summed E-state index contributed by atoms with van der Waals surface area (Å²) in [6.45, 7) is -0.0212. The molecule has 1 aromatic carbocycles. The molecule has 0 amide bonds. The Bertz CT molecular complexity index is 359. The van der Waals surface area contributed by atoms with Gasteiger partial charge in [-0.15, -0.1) is 0 Å². The van der Waals surface area contributed by atoms with E-state index in [1.165, 1.54) is 0 Å². The van der Waals surface area contributed by atoms with Gasteiger partial charge in [-0.2, -0.15) is 0 Å². The molecule has 0 spiro atoms. The highest BCUT2D eigenvalue weighted by atomic mass is 16.7. The van der Waals surface area contributed by atoms with E-state index in [4.69, 9.17) is 14.7 Å². The molecule has 1 aliphatic rings. The maximum atomic E-state index is 8.88. The van der Waals surface area contributed by atoms with Gasteiger partial charge < -0.3 is 9.84 Å². The monoisotopic (exact) mass is 207 g/mol. The Morgan fingerprint density at radius 2 is 2.13 bits per heavy atom. The minimum atomic E-state index is -0.262. The largest absolute Gasteiger partial charge is 0.497 e. The van der Waals surface area contributed by atoms with Gasteiger partial charge in [0.05, 0.1) is 19.4 Å². The SMILES string of the molecule is COc1ccc(C2=CC(CO)ON2)cc1. The molecule has 1 aromatic rings. The first-order valence-electron chi connectivity index (χ1n) is 4.72. The Balaban J connectivity index is 2.16. The quantitative estimate of drug-likeness (QED) is 0.774. The van der Waals surface area contributed by atoms with E-state index in [2.05, 4.69) is 5.48 Å². The van der Waals surface area contributed by atoms with Crippen molar-refractivity contribution >= 4 is 5.70 Å². The summed E-state index contributed by atoms with van der Waals surface area (Å²) in [7, 11) is 1.63. The Hall–Kier alpha value is -1.52. The molecule has 0 saturated carbocycles. The maximum Gasteiger partial charge on any atom is 0.129 e. The van der Waals surface area contributed by atoms with Crippen molar-refractivity contribution < 1.29 is 14.7 Å². The van der Waals surface area contributed by atoms with Crippen LogP contribution < -0.4 is 10.2 Å². The minimum Gasteiger partial charge on any atom is -0.497 e. The van der Waals surface area contributed by atoms with Crippen LogP contribution in [0.1, 0.15) is 5.56 Å². The molecule has 1 aliphatic heterocycles. The van der Waals surface area contributed by atoms with Crippen molar-refractivity contribution in [1.82, 2.24) is 5.48 Å². The fourth-order valence-corrected chi connectivity index (χ4v) is 1.41. The lowest BCUT2D eigenvalue weighted by Gasteiger charge is -2.05. The molecule has 0 saturated heterocycles. The van der Waals surface area contributed by atoms with Crippen molar-refractivity contribution in [3.05, 3.63) is 35.9 Å². The van der Waals surface area contributed by atoms with Crippen LogP contribution in [0, 0.1) is 0 Å². The Morgan fingerprint density at radius 3 is 2.67 bits per heavy atom. The number of nitrogens with one attached hydrogen (secondary N) is 1. The van der Waals surface area contributed by atoms with Gasteiger partial charge in [0.2, 0.25) is 0 Å². The second kappa shape index (κ2) is 4.33. The number of rotatable bonds is 3. The lowest BCUT2D eigenvalue weighted by Crippen LogP contribution is -2.15. The van der Waals surface area contributed by atoms with Gasteiger partial charge in [0, 0.05) is 0 Å². The van der Waals surface area contributed by atoms with Crippen LogP contribution in [0.15, 0.2) is 30.3 Å². The number of aliphatic hydroxyl groups excluding tert-OH is 1. The van der Waals surface area contributed by atoms with Crippen molar-refractivity contribution in [2.24, 2.45) is 0 Å². The number of benzene rings is 1. The summed E-state index contributed by atoms with van der Waals surface area (Å²) < 4.78 is 5.06. The normalized spacial score (nSPS) is 19.6. The zero-order valence-corrected chi connectivity index (χ0v) is 8.43. The topological polar surface area (TPSA) is 50.7 Å². The summed E-state index contributed by atoms with van der Waals surface area (Å²) in [5.41, 5.74) is 4.65. The van der Waals surface area contributed by atoms with Gasteiger partial charge in [0.15, 0.2) is 0 Å². The number of aliphatic hydroxyl groups is 1. The second-order valence-corrected chi connectivity index (χ2v) is 3.25. The summed E-state index contributed by atoms with van der Waals surface area (Å²) >= 11 is 0. The van der Waals surface area contributed by atoms with E-state index in [9.17, 15) is 0 Å². The number of methoxy groups -OCH3 is 1. The first kappa shape index (κ1) is 10.0. The van der Waals surface area contributed by atoms with Crippen molar-refractivity contribution in [3.63, 3.8) is 0 Å². The van der Waals surface area contributed by atoms with E-state index in [1.54, 1.807) is 7.11 Å². The van der Waals surface area contributed by atoms with Gasteiger partial charge in [-0.25, -0.2) is 0 Å². The number of hydroxylamine groups is 1. The molecule has 0 aliphatic carbocycles. The molecule has 1 atom stereocenters. The fraction of sp³-hybridized carbons (Fsp3) is 0.273. The first-order chi connectivity index (χ1) is 7.33. The maximum absolute atomic E-state index is 8.88. The van der Waals surface area contributed by atoms with E-state index in [0.717, 1.165) is 17.0 Å². The van der Waals surface area contributed by atoms with Gasteiger partial charge in [-0.05, 0) is 35.9 Å². The standard InChI is InChI=1S/C11H13NO3/c1-14-9-4-2-8(3-5-9)11-6-10(7-13)15-12-11/h2-6,10,12-13H,7H2,1H3. The third-order valence-electron chi connectivity index (χ3n) is 2.25. The van der Waals surface area contributed by atoms with Crippen LogP contribution in [0.25, 0.3) is 5.70 Å². The fourth-order valence-electron chi connectivity index (χ4n) is 1.41.